The number of hydrogen-bond acceptors (Lipinski definition) is 4. The molecule has 1 aromatic heterocycles. The number of morpholine rings is 1. The number of nitrogen functional groups attached to an aromatic ring is 1. The summed E-state index contributed by atoms with van der Waals surface area (Å²) >= 11 is 0. The molecule has 0 bridgehead atoms. The molecule has 15 heavy (non-hydrogen) atoms. The molecular formula is C11H17N3O. The van der Waals surface area contributed by atoms with Gasteiger partial charge >= 0.3 is 0 Å². The SMILES string of the molecule is CCC1COCCN1c1ccncc1N. The monoisotopic (exact) mass is 207 g/mol. The fraction of sp³-hybridized carbons (Fsp3) is 0.545. The van der Waals surface area contributed by atoms with E-state index in [1.807, 2.05) is 6.07 Å². The molecule has 0 spiro atoms. The van der Waals surface area contributed by atoms with Crippen molar-refractivity contribution in [3.63, 3.8) is 0 Å². The van der Waals surface area contributed by atoms with Crippen LogP contribution in [0.3, 0.4) is 0 Å². The van der Waals surface area contributed by atoms with E-state index in [0.29, 0.717) is 6.04 Å². The quantitative estimate of drug-likeness (QED) is 0.793. The fourth-order valence-corrected chi connectivity index (χ4v) is 1.97. The lowest BCUT2D eigenvalue weighted by molar-refractivity contribution is 0.0930. The summed E-state index contributed by atoms with van der Waals surface area (Å²) < 4.78 is 5.47. The van der Waals surface area contributed by atoms with Crippen LogP contribution in [0.25, 0.3) is 0 Å². The van der Waals surface area contributed by atoms with Gasteiger partial charge in [0.2, 0.25) is 0 Å². The van der Waals surface area contributed by atoms with Crippen LogP contribution < -0.4 is 10.6 Å². The molecule has 82 valence electrons. The number of nitrogens with zero attached hydrogens (tertiary/aromatic N) is 2. The summed E-state index contributed by atoms with van der Waals surface area (Å²) in [5.74, 6) is 0. The number of pyridine rings is 1. The maximum Gasteiger partial charge on any atom is 0.0738 e. The first kappa shape index (κ1) is 10.2. The lowest BCUT2D eigenvalue weighted by atomic mass is 10.1. The van der Waals surface area contributed by atoms with E-state index < -0.39 is 0 Å². The molecule has 1 fully saturated rings. The van der Waals surface area contributed by atoms with E-state index in [2.05, 4.69) is 16.8 Å². The minimum absolute atomic E-state index is 0.434. The average Bonchev–Trinajstić information content (AvgIpc) is 2.30. The third kappa shape index (κ3) is 2.04. The van der Waals surface area contributed by atoms with E-state index in [1.165, 1.54) is 0 Å². The van der Waals surface area contributed by atoms with Gasteiger partial charge in [0.15, 0.2) is 0 Å². The maximum absolute atomic E-state index is 5.92. The van der Waals surface area contributed by atoms with Crippen LogP contribution in [0.15, 0.2) is 18.5 Å². The Labute approximate surface area is 90.0 Å². The van der Waals surface area contributed by atoms with Crippen molar-refractivity contribution >= 4 is 11.4 Å². The van der Waals surface area contributed by atoms with Crippen molar-refractivity contribution in [2.45, 2.75) is 19.4 Å². The minimum Gasteiger partial charge on any atom is -0.396 e. The van der Waals surface area contributed by atoms with E-state index in [4.69, 9.17) is 10.5 Å². The molecule has 2 rings (SSSR count). The third-order valence-electron chi connectivity index (χ3n) is 2.84. The maximum atomic E-state index is 5.92. The van der Waals surface area contributed by atoms with Crippen LogP contribution in [0.5, 0.6) is 0 Å². The summed E-state index contributed by atoms with van der Waals surface area (Å²) in [6.45, 7) is 4.65. The summed E-state index contributed by atoms with van der Waals surface area (Å²) in [4.78, 5) is 6.33. The van der Waals surface area contributed by atoms with Crippen LogP contribution >= 0.6 is 0 Å². The smallest absolute Gasteiger partial charge is 0.0738 e. The number of anilines is 2. The summed E-state index contributed by atoms with van der Waals surface area (Å²) in [6, 6.07) is 2.41. The average molecular weight is 207 g/mol. The summed E-state index contributed by atoms with van der Waals surface area (Å²) in [5.41, 5.74) is 7.75. The highest BCUT2D eigenvalue weighted by molar-refractivity contribution is 5.66. The van der Waals surface area contributed by atoms with Crippen molar-refractivity contribution in [3.05, 3.63) is 18.5 Å². The van der Waals surface area contributed by atoms with Gasteiger partial charge in [-0.1, -0.05) is 6.92 Å². The lowest BCUT2D eigenvalue weighted by Gasteiger charge is -2.37. The first-order valence-electron chi connectivity index (χ1n) is 5.36. The van der Waals surface area contributed by atoms with E-state index >= 15 is 0 Å². The molecule has 1 aromatic rings. The summed E-state index contributed by atoms with van der Waals surface area (Å²) in [7, 11) is 0. The fourth-order valence-electron chi connectivity index (χ4n) is 1.97. The van der Waals surface area contributed by atoms with E-state index in [0.717, 1.165) is 37.6 Å². The van der Waals surface area contributed by atoms with Crippen molar-refractivity contribution in [2.75, 3.05) is 30.4 Å². The molecule has 0 saturated carbocycles. The highest BCUT2D eigenvalue weighted by atomic mass is 16.5. The Hall–Kier alpha value is -1.29. The highest BCUT2D eigenvalue weighted by Crippen LogP contribution is 2.26. The Morgan fingerprint density at radius 1 is 1.67 bits per heavy atom. The Kier molecular flexibility index (Phi) is 3.06. The van der Waals surface area contributed by atoms with Crippen molar-refractivity contribution in [2.24, 2.45) is 0 Å². The van der Waals surface area contributed by atoms with Gasteiger partial charge in [-0.05, 0) is 12.5 Å². The zero-order chi connectivity index (χ0) is 10.7. The van der Waals surface area contributed by atoms with Gasteiger partial charge in [0.1, 0.15) is 0 Å². The number of nitrogens with two attached hydrogens (primary N) is 1. The highest BCUT2D eigenvalue weighted by Gasteiger charge is 2.22. The van der Waals surface area contributed by atoms with Gasteiger partial charge in [-0.2, -0.15) is 0 Å². The molecule has 1 aliphatic heterocycles. The van der Waals surface area contributed by atoms with Crippen molar-refractivity contribution < 1.29 is 4.74 Å². The summed E-state index contributed by atoms with van der Waals surface area (Å²) in [5, 5.41) is 0. The Balaban J connectivity index is 2.24. The Bertz CT molecular complexity index is 329. The predicted molar refractivity (Wildman–Crippen MR) is 60.9 cm³/mol. The summed E-state index contributed by atoms with van der Waals surface area (Å²) in [6.07, 6.45) is 4.56. The van der Waals surface area contributed by atoms with E-state index in [-0.39, 0.29) is 0 Å². The van der Waals surface area contributed by atoms with E-state index in [9.17, 15) is 0 Å². The molecule has 1 atom stereocenters. The molecule has 1 saturated heterocycles. The van der Waals surface area contributed by atoms with Gasteiger partial charge in [-0.25, -0.2) is 0 Å². The van der Waals surface area contributed by atoms with Gasteiger partial charge < -0.3 is 15.4 Å². The van der Waals surface area contributed by atoms with Gasteiger partial charge in [0.25, 0.3) is 0 Å². The second-order valence-electron chi connectivity index (χ2n) is 3.76. The van der Waals surface area contributed by atoms with Gasteiger partial charge in [0.05, 0.1) is 36.8 Å². The molecule has 0 radical (unpaired) electrons. The Morgan fingerprint density at radius 2 is 2.53 bits per heavy atom. The van der Waals surface area contributed by atoms with Crippen molar-refractivity contribution in [3.8, 4) is 0 Å². The molecular weight excluding hydrogens is 190 g/mol. The lowest BCUT2D eigenvalue weighted by Crippen LogP contribution is -2.45. The molecule has 0 aliphatic carbocycles. The van der Waals surface area contributed by atoms with Crippen LogP contribution in [-0.2, 0) is 4.74 Å². The molecule has 1 aliphatic rings. The van der Waals surface area contributed by atoms with Crippen LogP contribution in [0.2, 0.25) is 0 Å². The molecule has 4 heteroatoms. The first-order chi connectivity index (χ1) is 7.33. The van der Waals surface area contributed by atoms with Gasteiger partial charge in [-0.15, -0.1) is 0 Å². The van der Waals surface area contributed by atoms with Crippen LogP contribution in [0, 0.1) is 0 Å². The van der Waals surface area contributed by atoms with Gasteiger partial charge in [0, 0.05) is 12.7 Å². The molecule has 0 aromatic carbocycles. The topological polar surface area (TPSA) is 51.4 Å². The Morgan fingerprint density at radius 3 is 3.27 bits per heavy atom. The normalized spacial score (nSPS) is 21.7. The zero-order valence-corrected chi connectivity index (χ0v) is 9.02. The standard InChI is InChI=1S/C11H17N3O/c1-2-9-8-15-6-5-14(9)11-3-4-13-7-10(11)12/h3-4,7,9H,2,5-6,8,12H2,1H3. The molecule has 4 nitrogen and oxygen atoms in total. The molecule has 1 unspecified atom stereocenters. The minimum atomic E-state index is 0.434. The van der Waals surface area contributed by atoms with Gasteiger partial charge in [-0.3, -0.25) is 4.98 Å². The number of hydrogen-bond donors (Lipinski definition) is 1. The second kappa shape index (κ2) is 4.49. The van der Waals surface area contributed by atoms with Crippen LogP contribution in [0.4, 0.5) is 11.4 Å². The number of ether oxygens (including phenoxy) is 1. The first-order valence-corrected chi connectivity index (χ1v) is 5.36. The molecule has 0 amide bonds. The largest absolute Gasteiger partial charge is 0.396 e. The third-order valence-corrected chi connectivity index (χ3v) is 2.84. The zero-order valence-electron chi connectivity index (χ0n) is 9.02. The number of rotatable bonds is 2. The predicted octanol–water partition coefficient (Wildman–Crippen LogP) is 1.28. The van der Waals surface area contributed by atoms with Crippen molar-refractivity contribution in [1.29, 1.82) is 0 Å². The molecule has 2 heterocycles. The van der Waals surface area contributed by atoms with E-state index in [1.54, 1.807) is 12.4 Å². The van der Waals surface area contributed by atoms with Crippen LogP contribution in [-0.4, -0.2) is 30.8 Å². The molecule has 2 N–H and O–H groups in total. The number of aromatic nitrogens is 1. The second-order valence-corrected chi connectivity index (χ2v) is 3.76. The van der Waals surface area contributed by atoms with Crippen LogP contribution in [0.1, 0.15) is 13.3 Å². The van der Waals surface area contributed by atoms with Crippen molar-refractivity contribution in [1.82, 2.24) is 4.98 Å².